The molecule has 1 aromatic rings. The average Bonchev–Trinajstić information content (AvgIpc) is 2.69. The summed E-state index contributed by atoms with van der Waals surface area (Å²) >= 11 is 0. The maximum atomic E-state index is 13.0. The van der Waals surface area contributed by atoms with Gasteiger partial charge < -0.3 is 20.4 Å². The largest absolute Gasteiger partial charge is 0.342 e. The lowest BCUT2D eigenvalue weighted by atomic mass is 9.93. The topological polar surface area (TPSA) is 64.7 Å². The zero-order valence-corrected chi connectivity index (χ0v) is 16.8. The molecule has 0 saturated carbocycles. The van der Waals surface area contributed by atoms with Crippen LogP contribution in [-0.2, 0) is 4.79 Å². The summed E-state index contributed by atoms with van der Waals surface area (Å²) in [6, 6.07) is 9.36. The quantitative estimate of drug-likeness (QED) is 0.825. The Balaban J connectivity index is 0.00000261. The summed E-state index contributed by atoms with van der Waals surface area (Å²) in [6.07, 6.45) is 4.01. The Morgan fingerprint density at radius 1 is 1.04 bits per heavy atom. The van der Waals surface area contributed by atoms with Crippen molar-refractivity contribution in [2.75, 3.05) is 45.1 Å². The van der Waals surface area contributed by atoms with Crippen molar-refractivity contribution in [3.8, 4) is 0 Å². The van der Waals surface area contributed by atoms with Crippen LogP contribution in [0.25, 0.3) is 0 Å². The molecule has 2 aliphatic rings. The molecule has 0 aromatic heterocycles. The predicted octanol–water partition coefficient (Wildman–Crippen LogP) is 2.81. The number of urea groups is 1. The highest BCUT2D eigenvalue weighted by atomic mass is 35.5. The summed E-state index contributed by atoms with van der Waals surface area (Å²) in [7, 11) is 1.96. The summed E-state index contributed by atoms with van der Waals surface area (Å²) in [5, 5.41) is 6.15. The molecule has 2 atom stereocenters. The molecule has 6 nitrogen and oxygen atoms in total. The fourth-order valence-corrected chi connectivity index (χ4v) is 4.07. The van der Waals surface area contributed by atoms with E-state index in [9.17, 15) is 9.59 Å². The Bertz CT molecular complexity index is 611. The number of carbonyl (C=O) groups excluding carboxylic acids is 2. The number of rotatable bonds is 4. The molecule has 2 heterocycles. The van der Waals surface area contributed by atoms with Gasteiger partial charge in [0.2, 0.25) is 5.91 Å². The number of hydrogen-bond acceptors (Lipinski definition) is 3. The molecule has 2 fully saturated rings. The highest BCUT2D eigenvalue weighted by Gasteiger charge is 2.33. The Kier molecular flexibility index (Phi) is 8.38. The van der Waals surface area contributed by atoms with Gasteiger partial charge in [0, 0.05) is 31.9 Å². The Hall–Kier alpha value is -1.79. The van der Waals surface area contributed by atoms with Crippen LogP contribution in [0.15, 0.2) is 30.3 Å². The Morgan fingerprint density at radius 2 is 1.74 bits per heavy atom. The van der Waals surface area contributed by atoms with Crippen molar-refractivity contribution >= 4 is 30.0 Å². The maximum Gasteiger partial charge on any atom is 0.321 e. The molecule has 0 spiro atoms. The highest BCUT2D eigenvalue weighted by molar-refractivity contribution is 5.90. The molecule has 1 aromatic carbocycles. The van der Waals surface area contributed by atoms with Crippen molar-refractivity contribution in [2.45, 2.75) is 25.7 Å². The van der Waals surface area contributed by atoms with E-state index in [0.717, 1.165) is 44.6 Å². The van der Waals surface area contributed by atoms with Crippen LogP contribution < -0.4 is 10.6 Å². The SMILES string of the molecule is CNCC1CCCN(C(=O)C2CCCN(C(=O)Nc3ccccc3)C2)C1.Cl. The molecular formula is C20H31ClN4O2. The average molecular weight is 395 g/mol. The van der Waals surface area contributed by atoms with Crippen LogP contribution in [0.1, 0.15) is 25.7 Å². The van der Waals surface area contributed by atoms with Crippen molar-refractivity contribution in [3.63, 3.8) is 0 Å². The molecule has 2 saturated heterocycles. The minimum Gasteiger partial charge on any atom is -0.342 e. The first-order valence-corrected chi connectivity index (χ1v) is 9.71. The van der Waals surface area contributed by atoms with E-state index in [4.69, 9.17) is 0 Å². The second kappa shape index (κ2) is 10.5. The van der Waals surface area contributed by atoms with Crippen LogP contribution in [0.5, 0.6) is 0 Å². The van der Waals surface area contributed by atoms with Gasteiger partial charge >= 0.3 is 6.03 Å². The van der Waals surface area contributed by atoms with Crippen LogP contribution in [0.3, 0.4) is 0 Å². The van der Waals surface area contributed by atoms with Crippen LogP contribution in [0.4, 0.5) is 10.5 Å². The summed E-state index contributed by atoms with van der Waals surface area (Å²) in [5.41, 5.74) is 0.789. The number of para-hydroxylation sites is 1. The van der Waals surface area contributed by atoms with Gasteiger partial charge in [-0.15, -0.1) is 12.4 Å². The molecule has 3 amide bonds. The molecular weight excluding hydrogens is 364 g/mol. The van der Waals surface area contributed by atoms with Gasteiger partial charge in [0.1, 0.15) is 0 Å². The van der Waals surface area contributed by atoms with Crippen molar-refractivity contribution in [3.05, 3.63) is 30.3 Å². The summed E-state index contributed by atoms with van der Waals surface area (Å²) < 4.78 is 0. The van der Waals surface area contributed by atoms with Gasteiger partial charge in [0.05, 0.1) is 5.92 Å². The molecule has 2 unspecified atom stereocenters. The van der Waals surface area contributed by atoms with Gasteiger partial charge in [-0.1, -0.05) is 18.2 Å². The van der Waals surface area contributed by atoms with Gasteiger partial charge in [0.15, 0.2) is 0 Å². The smallest absolute Gasteiger partial charge is 0.321 e. The minimum atomic E-state index is -0.111. The zero-order valence-electron chi connectivity index (χ0n) is 16.0. The zero-order chi connectivity index (χ0) is 18.4. The highest BCUT2D eigenvalue weighted by Crippen LogP contribution is 2.23. The number of carbonyl (C=O) groups is 2. The van der Waals surface area contributed by atoms with E-state index >= 15 is 0 Å². The first-order valence-electron chi connectivity index (χ1n) is 9.71. The van der Waals surface area contributed by atoms with E-state index in [0.29, 0.717) is 19.0 Å². The van der Waals surface area contributed by atoms with Crippen molar-refractivity contribution in [1.29, 1.82) is 0 Å². The van der Waals surface area contributed by atoms with Crippen LogP contribution in [0, 0.1) is 11.8 Å². The monoisotopic (exact) mass is 394 g/mol. The predicted molar refractivity (Wildman–Crippen MR) is 110 cm³/mol. The van der Waals surface area contributed by atoms with Gasteiger partial charge in [-0.05, 0) is 57.3 Å². The normalized spacial score (nSPS) is 22.7. The van der Waals surface area contributed by atoms with E-state index < -0.39 is 0 Å². The lowest BCUT2D eigenvalue weighted by Crippen LogP contribution is -2.50. The second-order valence-corrected chi connectivity index (χ2v) is 7.43. The van der Waals surface area contributed by atoms with E-state index in [1.54, 1.807) is 4.90 Å². The molecule has 7 heteroatoms. The number of nitrogens with zero attached hydrogens (tertiary/aromatic N) is 2. The number of nitrogens with one attached hydrogen (secondary N) is 2. The van der Waals surface area contributed by atoms with Gasteiger partial charge in [-0.3, -0.25) is 4.79 Å². The van der Waals surface area contributed by atoms with Gasteiger partial charge in [-0.2, -0.15) is 0 Å². The first kappa shape index (κ1) is 21.5. The van der Waals surface area contributed by atoms with Crippen molar-refractivity contribution < 1.29 is 9.59 Å². The van der Waals surface area contributed by atoms with Gasteiger partial charge in [0.25, 0.3) is 0 Å². The number of anilines is 1. The van der Waals surface area contributed by atoms with Crippen molar-refractivity contribution in [1.82, 2.24) is 15.1 Å². The van der Waals surface area contributed by atoms with E-state index in [-0.39, 0.29) is 30.3 Å². The van der Waals surface area contributed by atoms with Crippen LogP contribution in [0.2, 0.25) is 0 Å². The van der Waals surface area contributed by atoms with E-state index in [2.05, 4.69) is 10.6 Å². The summed E-state index contributed by atoms with van der Waals surface area (Å²) in [5.74, 6) is 0.695. The number of likely N-dealkylation sites (tertiary alicyclic amines) is 2. The van der Waals surface area contributed by atoms with Crippen LogP contribution in [-0.4, -0.2) is 61.5 Å². The number of piperidine rings is 2. The summed E-state index contributed by atoms with van der Waals surface area (Å²) in [4.78, 5) is 29.3. The van der Waals surface area contributed by atoms with Crippen molar-refractivity contribution in [2.24, 2.45) is 11.8 Å². The van der Waals surface area contributed by atoms with Gasteiger partial charge in [-0.25, -0.2) is 4.79 Å². The molecule has 0 radical (unpaired) electrons. The lowest BCUT2D eigenvalue weighted by Gasteiger charge is -2.38. The third-order valence-corrected chi connectivity index (χ3v) is 5.41. The third-order valence-electron chi connectivity index (χ3n) is 5.41. The first-order chi connectivity index (χ1) is 12.7. The molecule has 2 N–H and O–H groups in total. The molecule has 0 bridgehead atoms. The number of halogens is 1. The lowest BCUT2D eigenvalue weighted by molar-refractivity contribution is -0.138. The molecule has 27 heavy (non-hydrogen) atoms. The third kappa shape index (κ3) is 5.84. The second-order valence-electron chi connectivity index (χ2n) is 7.43. The summed E-state index contributed by atoms with van der Waals surface area (Å²) in [6.45, 7) is 3.88. The molecule has 0 aliphatic carbocycles. The Morgan fingerprint density at radius 3 is 2.48 bits per heavy atom. The number of hydrogen-bond donors (Lipinski definition) is 2. The minimum absolute atomic E-state index is 0. The Labute approximate surface area is 168 Å². The number of benzene rings is 1. The fourth-order valence-electron chi connectivity index (χ4n) is 4.07. The molecule has 150 valence electrons. The van der Waals surface area contributed by atoms with E-state index in [1.807, 2.05) is 42.3 Å². The fraction of sp³-hybridized carbons (Fsp3) is 0.600. The van der Waals surface area contributed by atoms with E-state index in [1.165, 1.54) is 6.42 Å². The van der Waals surface area contributed by atoms with Crippen LogP contribution >= 0.6 is 12.4 Å². The number of amides is 3. The maximum absolute atomic E-state index is 13.0. The molecule has 3 rings (SSSR count). The standard InChI is InChI=1S/C20H30N4O2.ClH/c1-21-13-16-7-5-11-23(14-16)19(25)17-8-6-12-24(15-17)20(26)22-18-9-3-2-4-10-18;/h2-4,9-10,16-17,21H,5-8,11-15H2,1H3,(H,22,26);1H. The molecule has 2 aliphatic heterocycles.